The van der Waals surface area contributed by atoms with Crippen LogP contribution in [0.4, 0.5) is 0 Å². The molecule has 1 aliphatic heterocycles. The summed E-state index contributed by atoms with van der Waals surface area (Å²) in [6.45, 7) is 0. The molecule has 0 aliphatic carbocycles. The molecule has 0 spiro atoms. The summed E-state index contributed by atoms with van der Waals surface area (Å²) in [5.41, 5.74) is 0.642. The monoisotopic (exact) mass is 426 g/mol. The summed E-state index contributed by atoms with van der Waals surface area (Å²) < 4.78 is 11.4. The first-order chi connectivity index (χ1) is 14.7. The van der Waals surface area contributed by atoms with Gasteiger partial charge in [-0.2, -0.15) is 0 Å². The van der Waals surface area contributed by atoms with Crippen molar-refractivity contribution in [1.82, 2.24) is 0 Å². The van der Waals surface area contributed by atoms with Crippen LogP contribution in [0, 0.1) is 0 Å². The van der Waals surface area contributed by atoms with Crippen LogP contribution >= 0.6 is 0 Å². The van der Waals surface area contributed by atoms with E-state index in [4.69, 9.17) is 9.47 Å². The molecule has 0 bridgehead atoms. The Balaban J connectivity index is 1.73. The van der Waals surface area contributed by atoms with E-state index in [-0.39, 0.29) is 40.5 Å². The van der Waals surface area contributed by atoms with Gasteiger partial charge in [0.15, 0.2) is 23.4 Å². The molecule has 0 aromatic heterocycles. The molecule has 9 heteroatoms. The van der Waals surface area contributed by atoms with Crippen LogP contribution in [0.3, 0.4) is 0 Å². The SMILES string of the molecule is O=C(OC1Cc2c(O)cc(O)cc2OC1c1cc(O)c(O)c(O)c1)c1ccc(O)cc1. The minimum atomic E-state index is -1.05. The van der Waals surface area contributed by atoms with E-state index >= 15 is 0 Å². The van der Waals surface area contributed by atoms with Gasteiger partial charge >= 0.3 is 5.97 Å². The topological polar surface area (TPSA) is 157 Å². The molecule has 2 unspecified atom stereocenters. The molecular formula is C22H18O9. The maximum absolute atomic E-state index is 12.6. The minimum Gasteiger partial charge on any atom is -0.508 e. The van der Waals surface area contributed by atoms with Crippen LogP contribution in [0.25, 0.3) is 0 Å². The number of esters is 1. The highest BCUT2D eigenvalue weighted by Crippen LogP contribution is 2.45. The zero-order valence-corrected chi connectivity index (χ0v) is 15.9. The van der Waals surface area contributed by atoms with Crippen LogP contribution in [-0.4, -0.2) is 42.7 Å². The van der Waals surface area contributed by atoms with E-state index in [0.29, 0.717) is 5.56 Å². The zero-order valence-electron chi connectivity index (χ0n) is 15.9. The summed E-state index contributed by atoms with van der Waals surface area (Å²) in [6.07, 6.45) is -2.06. The maximum atomic E-state index is 12.6. The number of hydrogen-bond donors (Lipinski definition) is 6. The summed E-state index contributed by atoms with van der Waals surface area (Å²) in [7, 11) is 0. The van der Waals surface area contributed by atoms with Gasteiger partial charge in [0.05, 0.1) is 5.56 Å². The summed E-state index contributed by atoms with van der Waals surface area (Å²) in [5, 5.41) is 58.8. The molecule has 160 valence electrons. The number of ether oxygens (including phenoxy) is 2. The average Bonchev–Trinajstić information content (AvgIpc) is 2.72. The Morgan fingerprint density at radius 3 is 2.13 bits per heavy atom. The molecule has 0 fully saturated rings. The maximum Gasteiger partial charge on any atom is 0.338 e. The highest BCUT2D eigenvalue weighted by Gasteiger charge is 2.37. The third-order valence-corrected chi connectivity index (χ3v) is 4.95. The van der Waals surface area contributed by atoms with Crippen molar-refractivity contribution in [3.8, 4) is 40.2 Å². The van der Waals surface area contributed by atoms with Gasteiger partial charge in [0.1, 0.15) is 29.1 Å². The minimum absolute atomic E-state index is 0.00165. The van der Waals surface area contributed by atoms with E-state index in [1.54, 1.807) is 0 Å². The van der Waals surface area contributed by atoms with E-state index in [2.05, 4.69) is 0 Å². The van der Waals surface area contributed by atoms with Gasteiger partial charge in [-0.1, -0.05) is 0 Å². The normalized spacial score (nSPS) is 17.4. The second-order valence-electron chi connectivity index (χ2n) is 7.08. The van der Waals surface area contributed by atoms with E-state index in [9.17, 15) is 35.4 Å². The van der Waals surface area contributed by atoms with Crippen LogP contribution < -0.4 is 4.74 Å². The first-order valence-electron chi connectivity index (χ1n) is 9.19. The Kier molecular flexibility index (Phi) is 4.86. The van der Waals surface area contributed by atoms with Gasteiger partial charge in [0, 0.05) is 29.7 Å². The quantitative estimate of drug-likeness (QED) is 0.274. The molecule has 31 heavy (non-hydrogen) atoms. The van der Waals surface area contributed by atoms with E-state index in [1.807, 2.05) is 0 Å². The Labute approximate surface area is 175 Å². The lowest BCUT2D eigenvalue weighted by molar-refractivity contribution is -0.0188. The summed E-state index contributed by atoms with van der Waals surface area (Å²) in [5.74, 6) is -3.05. The van der Waals surface area contributed by atoms with Crippen molar-refractivity contribution in [2.75, 3.05) is 0 Å². The van der Waals surface area contributed by atoms with Crippen LogP contribution in [-0.2, 0) is 11.2 Å². The second kappa shape index (κ2) is 7.52. The molecule has 1 aliphatic rings. The molecule has 2 atom stereocenters. The second-order valence-corrected chi connectivity index (χ2v) is 7.08. The number of carbonyl (C=O) groups excluding carboxylic acids is 1. The largest absolute Gasteiger partial charge is 0.508 e. The van der Waals surface area contributed by atoms with Crippen molar-refractivity contribution < 1.29 is 44.9 Å². The molecule has 4 rings (SSSR count). The first kappa shape index (κ1) is 20.0. The molecule has 6 N–H and O–H groups in total. The van der Waals surface area contributed by atoms with E-state index in [1.165, 1.54) is 30.3 Å². The molecular weight excluding hydrogens is 408 g/mol. The number of rotatable bonds is 3. The summed E-state index contributed by atoms with van der Waals surface area (Å²) in [6, 6.07) is 10.1. The molecule has 3 aromatic carbocycles. The third-order valence-electron chi connectivity index (χ3n) is 4.95. The molecule has 0 amide bonds. The number of carbonyl (C=O) groups is 1. The first-order valence-corrected chi connectivity index (χ1v) is 9.19. The predicted octanol–water partition coefficient (Wildman–Crippen LogP) is 2.82. The predicted molar refractivity (Wildman–Crippen MR) is 106 cm³/mol. The van der Waals surface area contributed by atoms with E-state index < -0.39 is 35.4 Å². The number of hydrogen-bond acceptors (Lipinski definition) is 9. The van der Waals surface area contributed by atoms with Crippen molar-refractivity contribution in [3.05, 3.63) is 65.2 Å². The lowest BCUT2D eigenvalue weighted by atomic mass is 9.93. The van der Waals surface area contributed by atoms with Gasteiger partial charge in [-0.25, -0.2) is 4.79 Å². The van der Waals surface area contributed by atoms with Crippen LogP contribution in [0.2, 0.25) is 0 Å². The average molecular weight is 426 g/mol. The van der Waals surface area contributed by atoms with E-state index in [0.717, 1.165) is 18.2 Å². The van der Waals surface area contributed by atoms with Gasteiger partial charge < -0.3 is 40.1 Å². The van der Waals surface area contributed by atoms with Crippen molar-refractivity contribution >= 4 is 5.97 Å². The van der Waals surface area contributed by atoms with Crippen molar-refractivity contribution in [3.63, 3.8) is 0 Å². The van der Waals surface area contributed by atoms with Gasteiger partial charge in [-0.05, 0) is 36.4 Å². The Morgan fingerprint density at radius 1 is 0.839 bits per heavy atom. The third kappa shape index (κ3) is 3.80. The highest BCUT2D eigenvalue weighted by atomic mass is 16.6. The van der Waals surface area contributed by atoms with Crippen molar-refractivity contribution in [2.45, 2.75) is 18.6 Å². The summed E-state index contributed by atoms with van der Waals surface area (Å²) in [4.78, 5) is 12.6. The van der Waals surface area contributed by atoms with Gasteiger partial charge in [0.25, 0.3) is 0 Å². The number of fused-ring (bicyclic) bond motifs is 1. The van der Waals surface area contributed by atoms with Crippen LogP contribution in [0.15, 0.2) is 48.5 Å². The number of benzene rings is 3. The molecule has 3 aromatic rings. The van der Waals surface area contributed by atoms with Crippen molar-refractivity contribution in [2.24, 2.45) is 0 Å². The molecule has 0 saturated heterocycles. The fourth-order valence-corrected chi connectivity index (χ4v) is 3.43. The lowest BCUT2D eigenvalue weighted by Gasteiger charge is -2.34. The fourth-order valence-electron chi connectivity index (χ4n) is 3.43. The Morgan fingerprint density at radius 2 is 1.48 bits per heavy atom. The molecule has 9 nitrogen and oxygen atoms in total. The van der Waals surface area contributed by atoms with Gasteiger partial charge in [-0.15, -0.1) is 0 Å². The number of phenols is 6. The van der Waals surface area contributed by atoms with Crippen LogP contribution in [0.1, 0.15) is 27.6 Å². The Bertz CT molecular complexity index is 1130. The molecule has 0 saturated carbocycles. The summed E-state index contributed by atoms with van der Waals surface area (Å²) >= 11 is 0. The van der Waals surface area contributed by atoms with Gasteiger partial charge in [-0.3, -0.25) is 0 Å². The zero-order chi connectivity index (χ0) is 22.3. The fraction of sp³-hybridized carbons (Fsp3) is 0.136. The molecule has 1 heterocycles. The number of phenolic OH excluding ortho intramolecular Hbond substituents is 6. The van der Waals surface area contributed by atoms with Crippen LogP contribution in [0.5, 0.6) is 40.2 Å². The standard InChI is InChI=1S/C22H18O9/c23-12-3-1-10(2-4-12)22(29)31-19-9-14-15(25)7-13(24)8-18(14)30-21(19)11-5-16(26)20(28)17(27)6-11/h1-8,19,21,23-28H,9H2. The smallest absolute Gasteiger partial charge is 0.338 e. The Hall–Kier alpha value is -4.27. The molecule has 0 radical (unpaired) electrons. The number of aromatic hydroxyl groups is 6. The lowest BCUT2D eigenvalue weighted by Crippen LogP contribution is -2.34. The van der Waals surface area contributed by atoms with Gasteiger partial charge in [0.2, 0.25) is 0 Å². The highest BCUT2D eigenvalue weighted by molar-refractivity contribution is 5.89. The van der Waals surface area contributed by atoms with Crippen molar-refractivity contribution in [1.29, 1.82) is 0 Å².